The molecule has 0 atom stereocenters. The Morgan fingerprint density at radius 2 is 2.07 bits per heavy atom. The molecule has 0 saturated heterocycles. The van der Waals surface area contributed by atoms with Crippen LogP contribution in [0.5, 0.6) is 0 Å². The highest BCUT2D eigenvalue weighted by atomic mass is 79.9. The Morgan fingerprint density at radius 3 is 2.50 bits per heavy atom. The van der Waals surface area contributed by atoms with Crippen LogP contribution in [0.2, 0.25) is 0 Å². The second-order valence-electron chi connectivity index (χ2n) is 2.62. The highest BCUT2D eigenvalue weighted by Gasteiger charge is 2.12. The van der Waals surface area contributed by atoms with Gasteiger partial charge in [0.25, 0.3) is 0 Å². The maximum absolute atomic E-state index is 13.2. The first-order valence-electron chi connectivity index (χ1n) is 3.74. The molecule has 1 aromatic carbocycles. The lowest BCUT2D eigenvalue weighted by atomic mass is 10.1. The maximum Gasteiger partial charge on any atom is 0.248 e. The molecule has 0 aromatic heterocycles. The summed E-state index contributed by atoms with van der Waals surface area (Å²) in [6.45, 7) is 0. The van der Waals surface area contributed by atoms with Crippen molar-refractivity contribution in [2.24, 2.45) is 5.73 Å². The molecule has 0 spiro atoms. The van der Waals surface area contributed by atoms with Gasteiger partial charge in [0.2, 0.25) is 5.91 Å². The van der Waals surface area contributed by atoms with Crippen molar-refractivity contribution >= 4 is 27.6 Å². The van der Waals surface area contributed by atoms with Gasteiger partial charge < -0.3 is 5.73 Å². The molecule has 1 rings (SSSR count). The van der Waals surface area contributed by atoms with Crippen molar-refractivity contribution in [2.45, 2.75) is 0 Å². The van der Waals surface area contributed by atoms with Gasteiger partial charge in [-0.2, -0.15) is 0 Å². The minimum atomic E-state index is -0.731. The van der Waals surface area contributed by atoms with Crippen molar-refractivity contribution in [3.63, 3.8) is 0 Å². The van der Waals surface area contributed by atoms with Gasteiger partial charge in [0, 0.05) is 5.56 Å². The minimum Gasteiger partial charge on any atom is -0.366 e. The predicted molar refractivity (Wildman–Crippen MR) is 53.0 cm³/mol. The second-order valence-corrected chi connectivity index (χ2v) is 3.18. The number of alkyl halides is 1. The lowest BCUT2D eigenvalue weighted by Gasteiger charge is -2.01. The molecule has 0 bridgehead atoms. The van der Waals surface area contributed by atoms with Crippen LogP contribution >= 0.6 is 15.9 Å². The predicted octanol–water partition coefficient (Wildman–Crippen LogP) is 1.50. The van der Waals surface area contributed by atoms with Gasteiger partial charge in [-0.15, -0.1) is 0 Å². The first kappa shape index (κ1) is 10.8. The van der Waals surface area contributed by atoms with Gasteiger partial charge in [0.15, 0.2) is 5.78 Å². The number of carbonyl (C=O) groups excluding carboxylic acids is 2. The Kier molecular flexibility index (Phi) is 3.35. The van der Waals surface area contributed by atoms with E-state index in [-0.39, 0.29) is 22.2 Å². The molecule has 0 aliphatic carbocycles. The van der Waals surface area contributed by atoms with Crippen molar-refractivity contribution in [1.29, 1.82) is 0 Å². The highest BCUT2D eigenvalue weighted by Crippen LogP contribution is 2.11. The summed E-state index contributed by atoms with van der Waals surface area (Å²) < 4.78 is 13.2. The summed E-state index contributed by atoms with van der Waals surface area (Å²) in [5.74, 6) is -1.83. The molecule has 0 saturated carbocycles. The normalized spacial score (nSPS) is 9.86. The molecule has 0 unspecified atom stereocenters. The fraction of sp³-hybridized carbons (Fsp3) is 0.111. The van der Waals surface area contributed by atoms with E-state index in [1.165, 1.54) is 12.1 Å². The van der Waals surface area contributed by atoms with Crippen molar-refractivity contribution in [1.82, 2.24) is 0 Å². The summed E-state index contributed by atoms with van der Waals surface area (Å²) in [5, 5.41) is 0.0415. The Bertz CT molecular complexity index is 392. The van der Waals surface area contributed by atoms with Gasteiger partial charge in [0.05, 0.1) is 10.9 Å². The first-order chi connectivity index (χ1) is 6.56. The summed E-state index contributed by atoms with van der Waals surface area (Å²) in [6, 6.07) is 3.53. The zero-order valence-electron chi connectivity index (χ0n) is 7.09. The monoisotopic (exact) mass is 259 g/mol. The van der Waals surface area contributed by atoms with Crippen LogP contribution in [0.1, 0.15) is 20.7 Å². The minimum absolute atomic E-state index is 0.0415. The number of hydrogen-bond acceptors (Lipinski definition) is 2. The molecule has 0 heterocycles. The van der Waals surface area contributed by atoms with Gasteiger partial charge >= 0.3 is 0 Å². The van der Waals surface area contributed by atoms with Gasteiger partial charge in [-0.25, -0.2) is 4.39 Å². The molecule has 14 heavy (non-hydrogen) atoms. The molecule has 1 amide bonds. The Hall–Kier alpha value is -1.23. The van der Waals surface area contributed by atoms with Crippen LogP contribution in [0.15, 0.2) is 18.2 Å². The van der Waals surface area contributed by atoms with Gasteiger partial charge in [-0.05, 0) is 18.2 Å². The molecular formula is C9H7BrFNO2. The van der Waals surface area contributed by atoms with E-state index in [4.69, 9.17) is 5.73 Å². The van der Waals surface area contributed by atoms with Crippen LogP contribution in [0, 0.1) is 5.82 Å². The van der Waals surface area contributed by atoms with Crippen molar-refractivity contribution in [3.05, 3.63) is 35.1 Å². The number of primary amides is 1. The van der Waals surface area contributed by atoms with Crippen molar-refractivity contribution in [2.75, 3.05) is 5.33 Å². The second kappa shape index (κ2) is 4.32. The van der Waals surface area contributed by atoms with Crippen molar-refractivity contribution in [3.8, 4) is 0 Å². The average molecular weight is 260 g/mol. The summed E-state index contributed by atoms with van der Waals surface area (Å²) in [4.78, 5) is 21.8. The van der Waals surface area contributed by atoms with E-state index in [1.807, 2.05) is 0 Å². The third kappa shape index (κ3) is 2.17. The van der Waals surface area contributed by atoms with Gasteiger partial charge in [0.1, 0.15) is 5.82 Å². The average Bonchev–Trinajstić information content (AvgIpc) is 2.16. The molecule has 2 N–H and O–H groups in total. The van der Waals surface area contributed by atoms with E-state index in [9.17, 15) is 14.0 Å². The molecule has 0 aliphatic rings. The lowest BCUT2D eigenvalue weighted by Crippen LogP contribution is -2.12. The van der Waals surface area contributed by atoms with Crippen molar-refractivity contribution < 1.29 is 14.0 Å². The van der Waals surface area contributed by atoms with Crippen LogP contribution in [0.4, 0.5) is 4.39 Å². The number of amides is 1. The topological polar surface area (TPSA) is 60.2 Å². The Labute approximate surface area is 88.2 Å². The van der Waals surface area contributed by atoms with Gasteiger partial charge in [-0.1, -0.05) is 15.9 Å². The summed E-state index contributed by atoms with van der Waals surface area (Å²) in [6.07, 6.45) is 0. The number of nitrogens with two attached hydrogens (primary N) is 1. The molecule has 74 valence electrons. The van der Waals surface area contributed by atoms with Crippen LogP contribution in [0.3, 0.4) is 0 Å². The fourth-order valence-electron chi connectivity index (χ4n) is 0.966. The summed E-state index contributed by atoms with van der Waals surface area (Å²) in [5.41, 5.74) is 4.94. The standard InChI is InChI=1S/C9H7BrFNO2/c10-4-8(13)6-2-1-5(9(12)14)3-7(6)11/h1-3H,4H2,(H2,12,14). The number of hydrogen-bond donors (Lipinski definition) is 1. The van der Waals surface area contributed by atoms with Crippen LogP contribution in [-0.4, -0.2) is 17.0 Å². The quantitative estimate of drug-likeness (QED) is 0.661. The first-order valence-corrected chi connectivity index (χ1v) is 4.87. The van der Waals surface area contributed by atoms with E-state index in [0.717, 1.165) is 6.07 Å². The number of ketones is 1. The largest absolute Gasteiger partial charge is 0.366 e. The molecule has 0 radical (unpaired) electrons. The lowest BCUT2D eigenvalue weighted by molar-refractivity contribution is 0.0992. The Balaban J connectivity index is 3.14. The molecule has 0 aliphatic heterocycles. The smallest absolute Gasteiger partial charge is 0.248 e. The third-order valence-corrected chi connectivity index (χ3v) is 2.18. The zero-order valence-corrected chi connectivity index (χ0v) is 8.67. The number of Topliss-reactive ketones (excluding diaryl/α,β-unsaturated/α-hetero) is 1. The van der Waals surface area contributed by atoms with Crippen LogP contribution in [0.25, 0.3) is 0 Å². The van der Waals surface area contributed by atoms with E-state index < -0.39 is 11.7 Å². The van der Waals surface area contributed by atoms with Crippen LogP contribution in [-0.2, 0) is 0 Å². The molecular weight excluding hydrogens is 253 g/mol. The third-order valence-electron chi connectivity index (χ3n) is 1.68. The number of rotatable bonds is 3. The SMILES string of the molecule is NC(=O)c1ccc(C(=O)CBr)c(F)c1. The summed E-state index contributed by atoms with van der Waals surface area (Å²) in [7, 11) is 0. The van der Waals surface area contributed by atoms with E-state index >= 15 is 0 Å². The molecule has 5 heteroatoms. The summed E-state index contributed by atoms with van der Waals surface area (Å²) >= 11 is 2.93. The fourth-order valence-corrected chi connectivity index (χ4v) is 1.27. The zero-order chi connectivity index (χ0) is 10.7. The molecule has 0 fully saturated rings. The highest BCUT2D eigenvalue weighted by molar-refractivity contribution is 9.09. The maximum atomic E-state index is 13.2. The number of benzene rings is 1. The number of carbonyl (C=O) groups is 2. The van der Waals surface area contributed by atoms with Crippen LogP contribution < -0.4 is 5.73 Å². The molecule has 1 aromatic rings. The van der Waals surface area contributed by atoms with Gasteiger partial charge in [-0.3, -0.25) is 9.59 Å². The van der Waals surface area contributed by atoms with E-state index in [1.54, 1.807) is 0 Å². The Morgan fingerprint density at radius 1 is 1.43 bits per heavy atom. The van der Waals surface area contributed by atoms with E-state index in [0.29, 0.717) is 0 Å². The number of halogens is 2. The molecule has 3 nitrogen and oxygen atoms in total. The van der Waals surface area contributed by atoms with E-state index in [2.05, 4.69) is 15.9 Å².